The van der Waals surface area contributed by atoms with Gasteiger partial charge in [-0.15, -0.1) is 0 Å². The quantitative estimate of drug-likeness (QED) is 0.800. The molecule has 1 aromatic rings. The molecule has 0 saturated heterocycles. The zero-order chi connectivity index (χ0) is 10.4. The van der Waals surface area contributed by atoms with Crippen LogP contribution in [-0.2, 0) is 0 Å². The van der Waals surface area contributed by atoms with Crippen molar-refractivity contribution in [2.75, 3.05) is 12.8 Å². The van der Waals surface area contributed by atoms with Crippen LogP contribution in [0.5, 0.6) is 0 Å². The Morgan fingerprint density at radius 2 is 1.86 bits per heavy atom. The zero-order valence-electron chi connectivity index (χ0n) is 9.16. The van der Waals surface area contributed by atoms with Crippen molar-refractivity contribution in [3.63, 3.8) is 0 Å². The Bertz CT molecular complexity index is 246. The summed E-state index contributed by atoms with van der Waals surface area (Å²) in [4.78, 5) is 0. The van der Waals surface area contributed by atoms with Gasteiger partial charge in [-0.05, 0) is 17.9 Å². The normalized spacial score (nSPS) is 13.1. The SMILES string of the molecule is CNC(CSC(C)C)c1ccccc1. The van der Waals surface area contributed by atoms with Crippen LogP contribution in [0.2, 0.25) is 0 Å². The molecular weight excluding hydrogens is 190 g/mol. The molecule has 0 amide bonds. The van der Waals surface area contributed by atoms with Gasteiger partial charge in [-0.2, -0.15) is 11.8 Å². The Hall–Kier alpha value is -0.470. The molecule has 0 bridgehead atoms. The van der Waals surface area contributed by atoms with E-state index in [1.807, 2.05) is 18.8 Å². The molecule has 0 aliphatic carbocycles. The second kappa shape index (κ2) is 6.10. The maximum absolute atomic E-state index is 3.35. The first-order valence-corrected chi connectivity index (χ1v) is 6.12. The van der Waals surface area contributed by atoms with Gasteiger partial charge < -0.3 is 5.32 Å². The first-order valence-electron chi connectivity index (χ1n) is 5.08. The van der Waals surface area contributed by atoms with Crippen molar-refractivity contribution >= 4 is 11.8 Å². The van der Waals surface area contributed by atoms with E-state index in [9.17, 15) is 0 Å². The average Bonchev–Trinajstić information content (AvgIpc) is 2.20. The molecule has 0 heterocycles. The first kappa shape index (κ1) is 11.6. The number of hydrogen-bond donors (Lipinski definition) is 1. The lowest BCUT2D eigenvalue weighted by atomic mass is 10.1. The highest BCUT2D eigenvalue weighted by Gasteiger charge is 2.08. The lowest BCUT2D eigenvalue weighted by molar-refractivity contribution is 0.661. The highest BCUT2D eigenvalue weighted by molar-refractivity contribution is 7.99. The van der Waals surface area contributed by atoms with E-state index in [0.717, 1.165) is 5.75 Å². The van der Waals surface area contributed by atoms with Gasteiger partial charge in [0.25, 0.3) is 0 Å². The van der Waals surface area contributed by atoms with E-state index in [-0.39, 0.29) is 0 Å². The van der Waals surface area contributed by atoms with E-state index in [2.05, 4.69) is 49.5 Å². The van der Waals surface area contributed by atoms with Gasteiger partial charge in [-0.25, -0.2) is 0 Å². The molecule has 1 atom stereocenters. The van der Waals surface area contributed by atoms with Gasteiger partial charge in [0.15, 0.2) is 0 Å². The molecular formula is C12H19NS. The highest BCUT2D eigenvalue weighted by Crippen LogP contribution is 2.20. The predicted molar refractivity (Wildman–Crippen MR) is 65.8 cm³/mol. The van der Waals surface area contributed by atoms with Crippen molar-refractivity contribution in [3.05, 3.63) is 35.9 Å². The first-order chi connectivity index (χ1) is 6.74. The molecule has 0 spiro atoms. The summed E-state index contributed by atoms with van der Waals surface area (Å²) in [6.07, 6.45) is 0. The molecule has 0 aromatic heterocycles. The fourth-order valence-corrected chi connectivity index (χ4v) is 2.26. The molecule has 1 rings (SSSR count). The van der Waals surface area contributed by atoms with Crippen LogP contribution in [0.3, 0.4) is 0 Å². The molecule has 2 heteroatoms. The average molecular weight is 209 g/mol. The summed E-state index contributed by atoms with van der Waals surface area (Å²) in [6.45, 7) is 4.48. The van der Waals surface area contributed by atoms with Crippen LogP contribution in [0.25, 0.3) is 0 Å². The van der Waals surface area contributed by atoms with E-state index >= 15 is 0 Å². The maximum atomic E-state index is 3.35. The molecule has 0 fully saturated rings. The van der Waals surface area contributed by atoms with Crippen LogP contribution in [0.1, 0.15) is 25.5 Å². The second-order valence-corrected chi connectivity index (χ2v) is 5.24. The summed E-state index contributed by atoms with van der Waals surface area (Å²) in [5.74, 6) is 1.14. The van der Waals surface area contributed by atoms with Crippen molar-refractivity contribution in [2.45, 2.75) is 25.1 Å². The number of nitrogens with one attached hydrogen (secondary N) is 1. The Morgan fingerprint density at radius 1 is 1.21 bits per heavy atom. The third-order valence-corrected chi connectivity index (χ3v) is 3.34. The third-order valence-electron chi connectivity index (χ3n) is 2.15. The number of benzene rings is 1. The van der Waals surface area contributed by atoms with E-state index in [1.54, 1.807) is 0 Å². The van der Waals surface area contributed by atoms with Crippen molar-refractivity contribution in [3.8, 4) is 0 Å². The van der Waals surface area contributed by atoms with Gasteiger partial charge in [-0.3, -0.25) is 0 Å². The molecule has 1 nitrogen and oxygen atoms in total. The molecule has 1 aromatic carbocycles. The Morgan fingerprint density at radius 3 is 2.36 bits per heavy atom. The van der Waals surface area contributed by atoms with E-state index in [1.165, 1.54) is 5.56 Å². The van der Waals surface area contributed by atoms with Crippen molar-refractivity contribution in [1.82, 2.24) is 5.32 Å². The minimum absolute atomic E-state index is 0.476. The van der Waals surface area contributed by atoms with Crippen LogP contribution in [-0.4, -0.2) is 18.1 Å². The topological polar surface area (TPSA) is 12.0 Å². The standard InChI is InChI=1S/C12H19NS/c1-10(2)14-9-12(13-3)11-7-5-4-6-8-11/h4-8,10,12-13H,9H2,1-3H3. The van der Waals surface area contributed by atoms with E-state index in [4.69, 9.17) is 0 Å². The Balaban J connectivity index is 2.54. The van der Waals surface area contributed by atoms with Crippen LogP contribution in [0.15, 0.2) is 30.3 Å². The summed E-state index contributed by atoms with van der Waals surface area (Å²) in [7, 11) is 2.03. The largest absolute Gasteiger partial charge is 0.312 e. The minimum atomic E-state index is 0.476. The highest BCUT2D eigenvalue weighted by atomic mass is 32.2. The van der Waals surface area contributed by atoms with Crippen LogP contribution < -0.4 is 5.32 Å². The maximum Gasteiger partial charge on any atom is 0.0409 e. The fourth-order valence-electron chi connectivity index (χ4n) is 1.32. The molecule has 78 valence electrons. The second-order valence-electron chi connectivity index (χ2n) is 3.63. The van der Waals surface area contributed by atoms with Crippen LogP contribution in [0.4, 0.5) is 0 Å². The number of thioether (sulfide) groups is 1. The molecule has 0 radical (unpaired) electrons. The number of rotatable bonds is 5. The van der Waals surface area contributed by atoms with Crippen LogP contribution >= 0.6 is 11.8 Å². The third kappa shape index (κ3) is 3.72. The summed E-state index contributed by atoms with van der Waals surface area (Å²) >= 11 is 2.00. The lowest BCUT2D eigenvalue weighted by Gasteiger charge is -2.17. The molecule has 0 aliphatic rings. The molecule has 0 aliphatic heterocycles. The predicted octanol–water partition coefficient (Wildman–Crippen LogP) is 3.09. The lowest BCUT2D eigenvalue weighted by Crippen LogP contribution is -2.19. The van der Waals surface area contributed by atoms with Gasteiger partial charge in [-0.1, -0.05) is 44.2 Å². The van der Waals surface area contributed by atoms with Crippen molar-refractivity contribution in [1.29, 1.82) is 0 Å². The van der Waals surface area contributed by atoms with E-state index in [0.29, 0.717) is 11.3 Å². The summed E-state index contributed by atoms with van der Waals surface area (Å²) in [5.41, 5.74) is 1.38. The molecule has 1 N–H and O–H groups in total. The van der Waals surface area contributed by atoms with Gasteiger partial charge in [0.2, 0.25) is 0 Å². The monoisotopic (exact) mass is 209 g/mol. The van der Waals surface area contributed by atoms with Crippen molar-refractivity contribution in [2.24, 2.45) is 0 Å². The van der Waals surface area contributed by atoms with Gasteiger partial charge in [0, 0.05) is 11.8 Å². The Kier molecular flexibility index (Phi) is 5.05. The smallest absolute Gasteiger partial charge is 0.0409 e. The molecule has 14 heavy (non-hydrogen) atoms. The van der Waals surface area contributed by atoms with Crippen LogP contribution in [0, 0.1) is 0 Å². The Labute approximate surface area is 91.3 Å². The van der Waals surface area contributed by atoms with Gasteiger partial charge in [0.05, 0.1) is 0 Å². The van der Waals surface area contributed by atoms with Gasteiger partial charge >= 0.3 is 0 Å². The van der Waals surface area contributed by atoms with E-state index < -0.39 is 0 Å². The number of hydrogen-bond acceptors (Lipinski definition) is 2. The molecule has 1 unspecified atom stereocenters. The minimum Gasteiger partial charge on any atom is -0.312 e. The fraction of sp³-hybridized carbons (Fsp3) is 0.500. The summed E-state index contributed by atoms with van der Waals surface area (Å²) in [6, 6.07) is 11.1. The summed E-state index contributed by atoms with van der Waals surface area (Å²) < 4.78 is 0. The molecule has 0 saturated carbocycles. The van der Waals surface area contributed by atoms with Crippen molar-refractivity contribution < 1.29 is 0 Å². The van der Waals surface area contributed by atoms with Gasteiger partial charge in [0.1, 0.15) is 0 Å². The summed E-state index contributed by atoms with van der Waals surface area (Å²) in [5, 5.41) is 4.06. The zero-order valence-corrected chi connectivity index (χ0v) is 9.97.